The highest BCUT2D eigenvalue weighted by Crippen LogP contribution is 2.31. The van der Waals surface area contributed by atoms with Gasteiger partial charge in [0.15, 0.2) is 11.6 Å². The number of benzene rings is 3. The minimum absolute atomic E-state index is 0.0141. The molecule has 186 valence electrons. The van der Waals surface area contributed by atoms with Crippen LogP contribution < -0.4 is 19.5 Å². The van der Waals surface area contributed by atoms with Gasteiger partial charge in [0.1, 0.15) is 11.5 Å². The van der Waals surface area contributed by atoms with Crippen LogP contribution in [0.25, 0.3) is 11.0 Å². The highest BCUT2D eigenvalue weighted by molar-refractivity contribution is 7.92. The first-order valence-corrected chi connectivity index (χ1v) is 12.3. The average molecular weight is 508 g/mol. The van der Waals surface area contributed by atoms with E-state index < -0.39 is 10.0 Å². The molecule has 0 saturated carbocycles. The van der Waals surface area contributed by atoms with E-state index in [0.717, 1.165) is 0 Å². The molecule has 0 saturated heterocycles. The number of hydrogen-bond acceptors (Lipinski definition) is 8. The number of ether oxygens (including phenoxy) is 2. The molecule has 2 N–H and O–H groups in total. The van der Waals surface area contributed by atoms with Crippen molar-refractivity contribution in [3.05, 3.63) is 72.3 Å². The highest BCUT2D eigenvalue weighted by atomic mass is 32.2. The van der Waals surface area contributed by atoms with Gasteiger partial charge in [0.05, 0.1) is 30.1 Å². The molecule has 0 atom stereocenters. The Balaban J connectivity index is 1.77. The number of carbonyl (C=O) groups excluding carboxylic acids is 1. The Morgan fingerprint density at radius 2 is 1.44 bits per heavy atom. The third kappa shape index (κ3) is 5.31. The van der Waals surface area contributed by atoms with Gasteiger partial charge in [0.25, 0.3) is 15.9 Å². The van der Waals surface area contributed by atoms with Gasteiger partial charge >= 0.3 is 0 Å². The minimum Gasteiger partial charge on any atom is -0.497 e. The first kappa shape index (κ1) is 24.7. The van der Waals surface area contributed by atoms with Crippen molar-refractivity contribution in [2.45, 2.75) is 4.90 Å². The summed E-state index contributed by atoms with van der Waals surface area (Å²) in [4.78, 5) is 22.7. The van der Waals surface area contributed by atoms with Crippen molar-refractivity contribution < 1.29 is 22.7 Å². The first-order chi connectivity index (χ1) is 17.2. The maximum atomic E-state index is 13.3. The topological polar surface area (TPSA) is 123 Å². The van der Waals surface area contributed by atoms with Crippen molar-refractivity contribution in [3.63, 3.8) is 0 Å². The van der Waals surface area contributed by atoms with Crippen molar-refractivity contribution in [2.24, 2.45) is 0 Å². The molecule has 4 rings (SSSR count). The summed E-state index contributed by atoms with van der Waals surface area (Å²) in [6.45, 7) is 0. The Kier molecular flexibility index (Phi) is 6.93. The minimum atomic E-state index is -4.12. The number of nitrogens with zero attached hydrogens (tertiary/aromatic N) is 3. The van der Waals surface area contributed by atoms with Crippen molar-refractivity contribution in [3.8, 4) is 11.5 Å². The van der Waals surface area contributed by atoms with Gasteiger partial charge in [-0.15, -0.1) is 0 Å². The number of rotatable bonds is 8. The molecule has 1 heterocycles. The molecule has 0 aliphatic rings. The molecule has 0 aliphatic carbocycles. The van der Waals surface area contributed by atoms with Crippen molar-refractivity contribution in [2.75, 3.05) is 38.4 Å². The van der Waals surface area contributed by atoms with Crippen LogP contribution in [0, 0.1) is 0 Å². The molecule has 3 aromatic carbocycles. The van der Waals surface area contributed by atoms with Crippen molar-refractivity contribution in [1.82, 2.24) is 14.9 Å². The number of methoxy groups -OCH3 is 2. The quantitative estimate of drug-likeness (QED) is 0.368. The molecule has 0 unspecified atom stereocenters. The number of hydrogen-bond donors (Lipinski definition) is 2. The predicted molar refractivity (Wildman–Crippen MR) is 138 cm³/mol. The summed E-state index contributed by atoms with van der Waals surface area (Å²) in [7, 11) is 2.14. The van der Waals surface area contributed by atoms with Gasteiger partial charge in [-0.1, -0.05) is 18.2 Å². The standard InChI is InChI=1S/C25H25N5O5S/c1-30(2)25(31)16-8-7-9-20(12-16)36(32,33)29-24-23(27-21-10-5-6-11-22(21)28-24)26-17-13-18(34-3)15-19(14-17)35-4/h5-15H,1-4H3,(H,26,27)(H,28,29). The summed E-state index contributed by atoms with van der Waals surface area (Å²) in [6.07, 6.45) is 0. The number of nitrogens with one attached hydrogen (secondary N) is 2. The Bertz CT molecular complexity index is 1520. The number of amides is 1. The van der Waals surface area contributed by atoms with E-state index in [1.165, 1.54) is 37.3 Å². The Morgan fingerprint density at radius 3 is 2.03 bits per heavy atom. The van der Waals surface area contributed by atoms with Crippen LogP contribution in [0.5, 0.6) is 11.5 Å². The second-order valence-corrected chi connectivity index (χ2v) is 9.65. The summed E-state index contributed by atoms with van der Waals surface area (Å²) < 4.78 is 39.8. The summed E-state index contributed by atoms with van der Waals surface area (Å²) >= 11 is 0. The third-order valence-corrected chi connectivity index (χ3v) is 6.55. The van der Waals surface area contributed by atoms with E-state index >= 15 is 0 Å². The SMILES string of the molecule is COc1cc(Nc2nc3ccccc3nc2NS(=O)(=O)c2cccc(C(=O)N(C)C)c2)cc(OC)c1. The van der Waals surface area contributed by atoms with E-state index in [1.807, 2.05) is 6.07 Å². The van der Waals surface area contributed by atoms with E-state index in [-0.39, 0.29) is 28.0 Å². The molecule has 11 heteroatoms. The summed E-state index contributed by atoms with van der Waals surface area (Å²) in [5.74, 6) is 0.921. The number of sulfonamides is 1. The lowest BCUT2D eigenvalue weighted by atomic mass is 10.2. The smallest absolute Gasteiger partial charge is 0.263 e. The first-order valence-electron chi connectivity index (χ1n) is 10.8. The van der Waals surface area contributed by atoms with Crippen LogP contribution >= 0.6 is 0 Å². The van der Waals surface area contributed by atoms with Gasteiger partial charge in [0.2, 0.25) is 0 Å². The van der Waals surface area contributed by atoms with E-state index in [2.05, 4.69) is 20.0 Å². The highest BCUT2D eigenvalue weighted by Gasteiger charge is 2.21. The third-order valence-electron chi connectivity index (χ3n) is 5.21. The van der Waals surface area contributed by atoms with Crippen LogP contribution in [0.4, 0.5) is 17.3 Å². The maximum absolute atomic E-state index is 13.3. The number of aromatic nitrogens is 2. The largest absolute Gasteiger partial charge is 0.497 e. The maximum Gasteiger partial charge on any atom is 0.263 e. The summed E-state index contributed by atoms with van der Waals surface area (Å²) in [6, 6.07) is 18.0. The van der Waals surface area contributed by atoms with Crippen molar-refractivity contribution >= 4 is 44.3 Å². The number of para-hydroxylation sites is 2. The average Bonchev–Trinajstić information content (AvgIpc) is 2.88. The molecule has 0 radical (unpaired) electrons. The number of fused-ring (bicyclic) bond motifs is 1. The summed E-state index contributed by atoms with van der Waals surface area (Å²) in [5.41, 5.74) is 1.86. The predicted octanol–water partition coefficient (Wildman–Crippen LogP) is 3.89. The van der Waals surface area contributed by atoms with Gasteiger partial charge in [-0.3, -0.25) is 9.52 Å². The molecule has 10 nitrogen and oxygen atoms in total. The summed E-state index contributed by atoms with van der Waals surface area (Å²) in [5, 5.41) is 3.11. The Labute approximate surface area is 209 Å². The molecule has 4 aromatic rings. The van der Waals surface area contributed by atoms with Gasteiger partial charge < -0.3 is 19.7 Å². The van der Waals surface area contributed by atoms with Crippen LogP contribution in [0.2, 0.25) is 0 Å². The van der Waals surface area contributed by atoms with Crippen LogP contribution in [-0.4, -0.2) is 57.5 Å². The molecule has 0 spiro atoms. The molecule has 36 heavy (non-hydrogen) atoms. The van der Waals surface area contributed by atoms with E-state index in [9.17, 15) is 13.2 Å². The zero-order chi connectivity index (χ0) is 25.9. The normalized spacial score (nSPS) is 11.1. The van der Waals surface area contributed by atoms with E-state index in [1.54, 1.807) is 56.6 Å². The second-order valence-electron chi connectivity index (χ2n) is 7.97. The van der Waals surface area contributed by atoms with Crippen LogP contribution in [0.1, 0.15) is 10.4 Å². The lowest BCUT2D eigenvalue weighted by Gasteiger charge is -2.15. The van der Waals surface area contributed by atoms with Gasteiger partial charge in [-0.05, 0) is 30.3 Å². The fourth-order valence-electron chi connectivity index (χ4n) is 3.42. The van der Waals surface area contributed by atoms with Crippen LogP contribution in [0.15, 0.2) is 71.6 Å². The number of carbonyl (C=O) groups is 1. The molecule has 1 aromatic heterocycles. The molecule has 0 bridgehead atoms. The molecule has 0 fully saturated rings. The monoisotopic (exact) mass is 507 g/mol. The van der Waals surface area contributed by atoms with E-state index in [0.29, 0.717) is 28.2 Å². The lowest BCUT2D eigenvalue weighted by Crippen LogP contribution is -2.22. The van der Waals surface area contributed by atoms with Crippen LogP contribution in [-0.2, 0) is 10.0 Å². The van der Waals surface area contributed by atoms with Gasteiger partial charge in [-0.2, -0.15) is 0 Å². The van der Waals surface area contributed by atoms with Crippen molar-refractivity contribution in [1.29, 1.82) is 0 Å². The number of anilines is 3. The molecular weight excluding hydrogens is 482 g/mol. The molecule has 0 aliphatic heterocycles. The molecule has 1 amide bonds. The fraction of sp³-hybridized carbons (Fsp3) is 0.160. The van der Waals surface area contributed by atoms with Gasteiger partial charge in [-0.25, -0.2) is 18.4 Å². The lowest BCUT2D eigenvalue weighted by molar-refractivity contribution is 0.0827. The van der Waals surface area contributed by atoms with E-state index in [4.69, 9.17) is 9.47 Å². The Morgan fingerprint density at radius 1 is 0.833 bits per heavy atom. The Hall–Kier alpha value is -4.38. The second kappa shape index (κ2) is 10.1. The van der Waals surface area contributed by atoms with Crippen LogP contribution in [0.3, 0.4) is 0 Å². The zero-order valence-electron chi connectivity index (χ0n) is 20.1. The fourth-order valence-corrected chi connectivity index (χ4v) is 4.47. The molecular formula is C25H25N5O5S. The zero-order valence-corrected chi connectivity index (χ0v) is 21.0. The van der Waals surface area contributed by atoms with Gasteiger partial charge in [0, 0.05) is 43.5 Å².